The van der Waals surface area contributed by atoms with Crippen LogP contribution in [0.15, 0.2) is 48.5 Å². The standard InChI is InChI=1S/C25H32N4O3/c1-19-7-13-22(14-8-19)29(18-24(31)28-15-5-4-6-16-28)17-23(30)26-21-11-9-20(10-12-21)25(32)27(2)3/h7-14H,4-6,15-18H2,1-3H3,(H,26,30). The number of amides is 3. The molecule has 0 aliphatic carbocycles. The van der Waals surface area contributed by atoms with Crippen LogP contribution < -0.4 is 10.2 Å². The molecule has 1 aliphatic heterocycles. The zero-order chi connectivity index (χ0) is 23.1. The van der Waals surface area contributed by atoms with E-state index >= 15 is 0 Å². The molecule has 170 valence electrons. The molecule has 1 N–H and O–H groups in total. The summed E-state index contributed by atoms with van der Waals surface area (Å²) in [5.74, 6) is -0.266. The zero-order valence-corrected chi connectivity index (χ0v) is 19.1. The van der Waals surface area contributed by atoms with Crippen molar-refractivity contribution in [2.45, 2.75) is 26.2 Å². The molecule has 1 heterocycles. The van der Waals surface area contributed by atoms with Gasteiger partial charge in [0.2, 0.25) is 11.8 Å². The first-order valence-electron chi connectivity index (χ1n) is 11.0. The molecule has 1 saturated heterocycles. The lowest BCUT2D eigenvalue weighted by molar-refractivity contribution is -0.130. The molecule has 0 unspecified atom stereocenters. The summed E-state index contributed by atoms with van der Waals surface area (Å²) in [7, 11) is 3.39. The Morgan fingerprint density at radius 2 is 1.50 bits per heavy atom. The molecule has 0 aromatic heterocycles. The van der Waals surface area contributed by atoms with E-state index in [4.69, 9.17) is 0 Å². The lowest BCUT2D eigenvalue weighted by Gasteiger charge is -2.30. The maximum absolute atomic E-state index is 12.9. The van der Waals surface area contributed by atoms with Crippen molar-refractivity contribution in [3.05, 3.63) is 59.7 Å². The lowest BCUT2D eigenvalue weighted by atomic mass is 10.1. The summed E-state index contributed by atoms with van der Waals surface area (Å²) in [6.45, 7) is 3.79. The lowest BCUT2D eigenvalue weighted by Crippen LogP contribution is -2.45. The predicted octanol–water partition coefficient (Wildman–Crippen LogP) is 3.15. The van der Waals surface area contributed by atoms with Crippen molar-refractivity contribution in [2.24, 2.45) is 0 Å². The van der Waals surface area contributed by atoms with Gasteiger partial charge < -0.3 is 20.0 Å². The van der Waals surface area contributed by atoms with Gasteiger partial charge in [-0.25, -0.2) is 0 Å². The second-order valence-corrected chi connectivity index (χ2v) is 8.46. The monoisotopic (exact) mass is 436 g/mol. The van der Waals surface area contributed by atoms with Gasteiger partial charge in [-0.05, 0) is 62.6 Å². The second kappa shape index (κ2) is 10.8. The normalized spacial score (nSPS) is 13.4. The number of nitrogens with zero attached hydrogens (tertiary/aromatic N) is 3. The number of benzene rings is 2. The molecule has 0 radical (unpaired) electrons. The van der Waals surface area contributed by atoms with Crippen molar-refractivity contribution >= 4 is 29.1 Å². The molecule has 0 bridgehead atoms. The summed E-state index contributed by atoms with van der Waals surface area (Å²) in [6.07, 6.45) is 3.22. The minimum atomic E-state index is -0.219. The molecule has 0 saturated carbocycles. The average molecular weight is 437 g/mol. The topological polar surface area (TPSA) is 73.0 Å². The maximum atomic E-state index is 12.9. The van der Waals surface area contributed by atoms with E-state index in [-0.39, 0.29) is 30.8 Å². The Balaban J connectivity index is 1.68. The van der Waals surface area contributed by atoms with Crippen LogP contribution in [0.4, 0.5) is 11.4 Å². The summed E-state index contributed by atoms with van der Waals surface area (Å²) in [6, 6.07) is 14.6. The van der Waals surface area contributed by atoms with Crippen LogP contribution in [-0.4, -0.2) is 67.8 Å². The van der Waals surface area contributed by atoms with Crippen LogP contribution in [0.1, 0.15) is 35.2 Å². The molecule has 1 aliphatic rings. The minimum Gasteiger partial charge on any atom is -0.353 e. The highest BCUT2D eigenvalue weighted by atomic mass is 16.2. The van der Waals surface area contributed by atoms with Crippen LogP contribution in [0.3, 0.4) is 0 Å². The van der Waals surface area contributed by atoms with Gasteiger partial charge in [-0.1, -0.05) is 17.7 Å². The van der Waals surface area contributed by atoms with Crippen LogP contribution in [-0.2, 0) is 9.59 Å². The molecule has 32 heavy (non-hydrogen) atoms. The van der Waals surface area contributed by atoms with Gasteiger partial charge in [-0.3, -0.25) is 14.4 Å². The van der Waals surface area contributed by atoms with E-state index < -0.39 is 0 Å². The quantitative estimate of drug-likeness (QED) is 0.724. The van der Waals surface area contributed by atoms with E-state index in [1.54, 1.807) is 38.4 Å². The number of aryl methyl sites for hydroxylation is 1. The molecule has 2 aromatic carbocycles. The number of anilines is 2. The summed E-state index contributed by atoms with van der Waals surface area (Å²) < 4.78 is 0. The Kier molecular flexibility index (Phi) is 7.87. The molecule has 1 fully saturated rings. The van der Waals surface area contributed by atoms with E-state index in [0.29, 0.717) is 11.3 Å². The van der Waals surface area contributed by atoms with Gasteiger partial charge in [0, 0.05) is 44.1 Å². The third-order valence-electron chi connectivity index (χ3n) is 5.59. The van der Waals surface area contributed by atoms with E-state index in [0.717, 1.165) is 43.6 Å². The van der Waals surface area contributed by atoms with Crippen molar-refractivity contribution in [1.29, 1.82) is 0 Å². The molecular weight excluding hydrogens is 404 g/mol. The fraction of sp³-hybridized carbons (Fsp3) is 0.400. The third-order valence-corrected chi connectivity index (χ3v) is 5.59. The summed E-state index contributed by atoms with van der Waals surface area (Å²) in [5.41, 5.74) is 3.12. The molecule has 2 aromatic rings. The number of carbonyl (C=O) groups excluding carboxylic acids is 3. The van der Waals surface area contributed by atoms with E-state index in [2.05, 4.69) is 5.32 Å². The highest BCUT2D eigenvalue weighted by Crippen LogP contribution is 2.17. The summed E-state index contributed by atoms with van der Waals surface area (Å²) in [5, 5.41) is 2.87. The van der Waals surface area contributed by atoms with Gasteiger partial charge in [-0.15, -0.1) is 0 Å². The average Bonchev–Trinajstić information content (AvgIpc) is 2.79. The van der Waals surface area contributed by atoms with Gasteiger partial charge >= 0.3 is 0 Å². The van der Waals surface area contributed by atoms with E-state index in [1.165, 1.54) is 4.90 Å². The maximum Gasteiger partial charge on any atom is 0.253 e. The molecular formula is C25H32N4O3. The summed E-state index contributed by atoms with van der Waals surface area (Å²) >= 11 is 0. The molecule has 7 heteroatoms. The van der Waals surface area contributed by atoms with Gasteiger partial charge in [0.05, 0.1) is 13.1 Å². The van der Waals surface area contributed by atoms with E-state index in [1.807, 2.05) is 41.0 Å². The predicted molar refractivity (Wildman–Crippen MR) is 127 cm³/mol. The fourth-order valence-corrected chi connectivity index (χ4v) is 3.73. The van der Waals surface area contributed by atoms with Crippen molar-refractivity contribution in [3.8, 4) is 0 Å². The largest absolute Gasteiger partial charge is 0.353 e. The molecule has 3 rings (SSSR count). The Morgan fingerprint density at radius 3 is 2.09 bits per heavy atom. The number of rotatable bonds is 7. The van der Waals surface area contributed by atoms with Gasteiger partial charge in [-0.2, -0.15) is 0 Å². The van der Waals surface area contributed by atoms with Crippen LogP contribution in [0.5, 0.6) is 0 Å². The first-order chi connectivity index (χ1) is 15.3. The van der Waals surface area contributed by atoms with E-state index in [9.17, 15) is 14.4 Å². The van der Waals surface area contributed by atoms with Crippen LogP contribution in [0.2, 0.25) is 0 Å². The Labute approximate surface area is 190 Å². The van der Waals surface area contributed by atoms with Crippen molar-refractivity contribution < 1.29 is 14.4 Å². The van der Waals surface area contributed by atoms with Gasteiger partial charge in [0.15, 0.2) is 0 Å². The Bertz CT molecular complexity index is 933. The number of hydrogen-bond donors (Lipinski definition) is 1. The van der Waals surface area contributed by atoms with Crippen LogP contribution in [0, 0.1) is 6.92 Å². The van der Waals surface area contributed by atoms with Crippen molar-refractivity contribution in [1.82, 2.24) is 9.80 Å². The fourth-order valence-electron chi connectivity index (χ4n) is 3.73. The number of nitrogens with one attached hydrogen (secondary N) is 1. The van der Waals surface area contributed by atoms with Crippen molar-refractivity contribution in [2.75, 3.05) is 50.5 Å². The van der Waals surface area contributed by atoms with Crippen LogP contribution in [0.25, 0.3) is 0 Å². The smallest absolute Gasteiger partial charge is 0.253 e. The highest BCUT2D eigenvalue weighted by Gasteiger charge is 2.21. The number of likely N-dealkylation sites (tertiary alicyclic amines) is 1. The summed E-state index contributed by atoms with van der Waals surface area (Å²) in [4.78, 5) is 42.9. The minimum absolute atomic E-state index is 0.0459. The first kappa shape index (κ1) is 23.3. The number of piperidine rings is 1. The molecule has 3 amide bonds. The van der Waals surface area contributed by atoms with Gasteiger partial charge in [0.1, 0.15) is 0 Å². The van der Waals surface area contributed by atoms with Gasteiger partial charge in [0.25, 0.3) is 5.91 Å². The molecule has 7 nitrogen and oxygen atoms in total. The third kappa shape index (κ3) is 6.33. The van der Waals surface area contributed by atoms with Crippen LogP contribution >= 0.6 is 0 Å². The number of hydrogen-bond acceptors (Lipinski definition) is 4. The van der Waals surface area contributed by atoms with Crippen molar-refractivity contribution in [3.63, 3.8) is 0 Å². The molecule has 0 spiro atoms. The SMILES string of the molecule is Cc1ccc(N(CC(=O)Nc2ccc(C(=O)N(C)C)cc2)CC(=O)N2CCCCC2)cc1. The second-order valence-electron chi connectivity index (χ2n) is 8.46. The highest BCUT2D eigenvalue weighted by molar-refractivity contribution is 5.97. The first-order valence-corrected chi connectivity index (χ1v) is 11.0. The number of carbonyl (C=O) groups is 3. The zero-order valence-electron chi connectivity index (χ0n) is 19.1. The molecule has 0 atom stereocenters. The Morgan fingerprint density at radius 1 is 0.875 bits per heavy atom. The Hall–Kier alpha value is -3.35.